The second-order valence-corrected chi connectivity index (χ2v) is 6.37. The van der Waals surface area contributed by atoms with E-state index < -0.39 is 0 Å². The van der Waals surface area contributed by atoms with Crippen LogP contribution in [0.15, 0.2) is 65.4 Å². The van der Waals surface area contributed by atoms with Crippen LogP contribution in [0.25, 0.3) is 11.4 Å². The first kappa shape index (κ1) is 14.9. The van der Waals surface area contributed by atoms with Crippen molar-refractivity contribution < 1.29 is 0 Å². The molecule has 1 aromatic heterocycles. The Balaban J connectivity index is 1.86. The number of nitrogens with zero attached hydrogens (tertiary/aromatic N) is 3. The molecule has 0 aliphatic rings. The highest BCUT2D eigenvalue weighted by Crippen LogP contribution is 2.22. The van der Waals surface area contributed by atoms with Crippen LogP contribution in [0.4, 0.5) is 5.69 Å². The lowest BCUT2D eigenvalue weighted by atomic mass is 10.2. The first-order valence-electron chi connectivity index (χ1n) is 7.17. The zero-order valence-electron chi connectivity index (χ0n) is 12.7. The third-order valence-corrected chi connectivity index (χ3v) is 4.10. The van der Waals surface area contributed by atoms with E-state index in [4.69, 9.17) is 0 Å². The summed E-state index contributed by atoms with van der Waals surface area (Å²) in [4.78, 5) is 6.61. The van der Waals surface area contributed by atoms with Gasteiger partial charge in [-0.15, -0.1) is 0 Å². The van der Waals surface area contributed by atoms with Gasteiger partial charge >= 0.3 is 0 Å². The van der Waals surface area contributed by atoms with Gasteiger partial charge in [-0.25, -0.2) is 4.98 Å². The summed E-state index contributed by atoms with van der Waals surface area (Å²) in [5.41, 5.74) is 3.59. The van der Waals surface area contributed by atoms with Gasteiger partial charge in [0.15, 0.2) is 0 Å². The monoisotopic (exact) mass is 355 g/mol. The van der Waals surface area contributed by atoms with Gasteiger partial charge in [0, 0.05) is 48.8 Å². The quantitative estimate of drug-likeness (QED) is 0.690. The predicted molar refractivity (Wildman–Crippen MR) is 95.2 cm³/mol. The first-order valence-corrected chi connectivity index (χ1v) is 7.96. The lowest BCUT2D eigenvalue weighted by molar-refractivity contribution is 0.807. The van der Waals surface area contributed by atoms with E-state index in [1.54, 1.807) is 0 Å². The lowest BCUT2D eigenvalue weighted by Crippen LogP contribution is -2.08. The van der Waals surface area contributed by atoms with Crippen LogP contribution in [-0.4, -0.2) is 23.6 Å². The third kappa shape index (κ3) is 3.22. The highest BCUT2D eigenvalue weighted by molar-refractivity contribution is 9.10. The van der Waals surface area contributed by atoms with Crippen LogP contribution in [0.3, 0.4) is 0 Å². The minimum absolute atomic E-state index is 0.815. The molecule has 0 radical (unpaired) electrons. The maximum atomic E-state index is 4.50. The van der Waals surface area contributed by atoms with Crippen molar-refractivity contribution in [2.24, 2.45) is 0 Å². The Labute approximate surface area is 139 Å². The first-order chi connectivity index (χ1) is 10.6. The molecular weight excluding hydrogens is 338 g/mol. The molecule has 3 rings (SSSR count). The fourth-order valence-corrected chi connectivity index (χ4v) is 2.82. The van der Waals surface area contributed by atoms with Gasteiger partial charge in [-0.1, -0.05) is 40.2 Å². The summed E-state index contributed by atoms with van der Waals surface area (Å²) in [6.45, 7) is 0.815. The van der Waals surface area contributed by atoms with Crippen molar-refractivity contribution in [1.82, 2.24) is 9.55 Å². The number of hydrogen-bond donors (Lipinski definition) is 0. The molecule has 0 aliphatic heterocycles. The maximum absolute atomic E-state index is 4.50. The molecule has 0 saturated heterocycles. The van der Waals surface area contributed by atoms with E-state index in [1.807, 2.05) is 24.5 Å². The van der Waals surface area contributed by atoms with E-state index in [2.05, 4.69) is 80.9 Å². The van der Waals surface area contributed by atoms with Crippen LogP contribution in [0.1, 0.15) is 5.56 Å². The molecule has 4 heteroatoms. The molecule has 0 spiro atoms. The summed E-state index contributed by atoms with van der Waals surface area (Å²) in [5.74, 6) is 0.984. The Kier molecular flexibility index (Phi) is 4.29. The normalized spacial score (nSPS) is 10.7. The van der Waals surface area contributed by atoms with Crippen LogP contribution in [0.5, 0.6) is 0 Å². The van der Waals surface area contributed by atoms with E-state index in [1.165, 1.54) is 11.3 Å². The summed E-state index contributed by atoms with van der Waals surface area (Å²) in [6, 6.07) is 16.9. The van der Waals surface area contributed by atoms with Gasteiger partial charge in [-0.3, -0.25) is 0 Å². The fraction of sp³-hybridized carbons (Fsp3) is 0.167. The topological polar surface area (TPSA) is 21.1 Å². The number of halogens is 1. The Hall–Kier alpha value is -2.07. The Morgan fingerprint density at radius 3 is 2.55 bits per heavy atom. The molecule has 0 saturated carbocycles. The van der Waals surface area contributed by atoms with E-state index in [0.717, 1.165) is 22.4 Å². The van der Waals surface area contributed by atoms with Crippen LogP contribution in [0, 0.1) is 0 Å². The van der Waals surface area contributed by atoms with Gasteiger partial charge in [0.1, 0.15) is 5.82 Å². The van der Waals surface area contributed by atoms with Crippen molar-refractivity contribution in [1.29, 1.82) is 0 Å². The van der Waals surface area contributed by atoms with E-state index in [-0.39, 0.29) is 0 Å². The summed E-state index contributed by atoms with van der Waals surface area (Å²) in [6.07, 6.45) is 3.88. The number of benzene rings is 2. The second kappa shape index (κ2) is 6.36. The average Bonchev–Trinajstić information content (AvgIpc) is 2.96. The molecule has 112 valence electrons. The van der Waals surface area contributed by atoms with Crippen molar-refractivity contribution in [2.45, 2.75) is 6.54 Å². The van der Waals surface area contributed by atoms with Gasteiger partial charge in [0.25, 0.3) is 0 Å². The molecule has 3 nitrogen and oxygen atoms in total. The Morgan fingerprint density at radius 2 is 1.86 bits per heavy atom. The number of rotatable bonds is 4. The number of hydrogen-bond acceptors (Lipinski definition) is 2. The zero-order chi connectivity index (χ0) is 15.5. The maximum Gasteiger partial charge on any atom is 0.140 e. The van der Waals surface area contributed by atoms with Crippen molar-refractivity contribution in [2.75, 3.05) is 19.0 Å². The smallest absolute Gasteiger partial charge is 0.140 e. The molecule has 22 heavy (non-hydrogen) atoms. The molecule has 0 aliphatic carbocycles. The van der Waals surface area contributed by atoms with E-state index >= 15 is 0 Å². The third-order valence-electron chi connectivity index (χ3n) is 3.60. The van der Waals surface area contributed by atoms with E-state index in [9.17, 15) is 0 Å². The lowest BCUT2D eigenvalue weighted by Gasteiger charge is -2.13. The van der Waals surface area contributed by atoms with Crippen molar-refractivity contribution >= 4 is 21.6 Å². The van der Waals surface area contributed by atoms with Crippen molar-refractivity contribution in [3.05, 3.63) is 71.0 Å². The molecule has 0 bridgehead atoms. The highest BCUT2D eigenvalue weighted by atomic mass is 79.9. The largest absolute Gasteiger partial charge is 0.378 e. The average molecular weight is 356 g/mol. The number of imidazole rings is 1. The Morgan fingerprint density at radius 1 is 1.09 bits per heavy atom. The van der Waals surface area contributed by atoms with Crippen LogP contribution in [0.2, 0.25) is 0 Å². The van der Waals surface area contributed by atoms with Crippen LogP contribution < -0.4 is 4.90 Å². The molecule has 3 aromatic rings. The van der Waals surface area contributed by atoms with Crippen LogP contribution in [-0.2, 0) is 6.54 Å². The molecule has 0 fully saturated rings. The summed E-state index contributed by atoms with van der Waals surface area (Å²) >= 11 is 3.52. The summed E-state index contributed by atoms with van der Waals surface area (Å²) < 4.78 is 3.24. The highest BCUT2D eigenvalue weighted by Gasteiger charge is 2.07. The van der Waals surface area contributed by atoms with Gasteiger partial charge < -0.3 is 9.47 Å². The molecule has 0 amide bonds. The molecule has 1 heterocycles. The standard InChI is InChI=1S/C18H18BrN3/c1-21(2)17-8-6-14(7-9-17)13-22-11-10-20-18(22)15-4-3-5-16(19)12-15/h3-12H,13H2,1-2H3. The summed E-state index contributed by atoms with van der Waals surface area (Å²) in [7, 11) is 4.10. The number of aromatic nitrogens is 2. The van der Waals surface area contributed by atoms with E-state index in [0.29, 0.717) is 0 Å². The van der Waals surface area contributed by atoms with Crippen LogP contribution >= 0.6 is 15.9 Å². The zero-order valence-corrected chi connectivity index (χ0v) is 14.3. The van der Waals surface area contributed by atoms with Gasteiger partial charge in [0.2, 0.25) is 0 Å². The second-order valence-electron chi connectivity index (χ2n) is 5.45. The molecule has 0 atom stereocenters. The van der Waals surface area contributed by atoms with Gasteiger partial charge in [-0.2, -0.15) is 0 Å². The predicted octanol–water partition coefficient (Wildman–Crippen LogP) is 4.43. The molecule has 2 aromatic carbocycles. The SMILES string of the molecule is CN(C)c1ccc(Cn2ccnc2-c2cccc(Br)c2)cc1. The van der Waals surface area contributed by atoms with Gasteiger partial charge in [0.05, 0.1) is 0 Å². The summed E-state index contributed by atoms with van der Waals surface area (Å²) in [5, 5.41) is 0. The Bertz CT molecular complexity index is 760. The molecule has 0 N–H and O–H groups in total. The minimum atomic E-state index is 0.815. The van der Waals surface area contributed by atoms with Crippen molar-refractivity contribution in [3.63, 3.8) is 0 Å². The van der Waals surface area contributed by atoms with Crippen molar-refractivity contribution in [3.8, 4) is 11.4 Å². The minimum Gasteiger partial charge on any atom is -0.378 e. The molecule has 0 unspecified atom stereocenters. The number of anilines is 1. The fourth-order valence-electron chi connectivity index (χ4n) is 2.42. The molecular formula is C18H18BrN3. The van der Waals surface area contributed by atoms with Gasteiger partial charge in [-0.05, 0) is 29.8 Å².